The van der Waals surface area contributed by atoms with Gasteiger partial charge in [-0.05, 0) is 19.2 Å². The van der Waals surface area contributed by atoms with Crippen LogP contribution < -0.4 is 0 Å². The van der Waals surface area contributed by atoms with Gasteiger partial charge in [0.25, 0.3) is 0 Å². The van der Waals surface area contributed by atoms with Gasteiger partial charge in [0, 0.05) is 38.9 Å². The van der Waals surface area contributed by atoms with E-state index in [1.54, 1.807) is 12.3 Å². The first-order valence-corrected chi connectivity index (χ1v) is 7.12. The van der Waals surface area contributed by atoms with Gasteiger partial charge in [-0.15, -0.1) is 0 Å². The lowest BCUT2D eigenvalue weighted by Crippen LogP contribution is -2.44. The van der Waals surface area contributed by atoms with Crippen molar-refractivity contribution in [2.45, 2.75) is 6.54 Å². The lowest BCUT2D eigenvalue weighted by atomic mass is 10.2. The highest BCUT2D eigenvalue weighted by Gasteiger charge is 2.16. The first-order chi connectivity index (χ1) is 10.2. The molecular formula is C15H20N4O2. The molecule has 6 heteroatoms. The number of hydrogen-bond acceptors (Lipinski definition) is 5. The van der Waals surface area contributed by atoms with Gasteiger partial charge >= 0.3 is 5.97 Å². The molecule has 3 rings (SSSR count). The Bertz CT molecular complexity index is 644. The summed E-state index contributed by atoms with van der Waals surface area (Å²) in [5, 5.41) is 0. The summed E-state index contributed by atoms with van der Waals surface area (Å²) in [7, 11) is 3.54. The van der Waals surface area contributed by atoms with Crippen LogP contribution in [0.1, 0.15) is 16.1 Å². The highest BCUT2D eigenvalue weighted by molar-refractivity contribution is 5.89. The number of methoxy groups -OCH3 is 1. The number of nitrogens with zero attached hydrogens (tertiary/aromatic N) is 4. The van der Waals surface area contributed by atoms with Gasteiger partial charge in [-0.2, -0.15) is 0 Å². The van der Waals surface area contributed by atoms with Gasteiger partial charge in [-0.25, -0.2) is 9.78 Å². The molecule has 2 aromatic rings. The summed E-state index contributed by atoms with van der Waals surface area (Å²) in [4.78, 5) is 20.8. The largest absolute Gasteiger partial charge is 0.465 e. The van der Waals surface area contributed by atoms with E-state index in [2.05, 4.69) is 21.8 Å². The number of rotatable bonds is 3. The molecule has 0 unspecified atom stereocenters. The van der Waals surface area contributed by atoms with Gasteiger partial charge < -0.3 is 14.0 Å². The van der Waals surface area contributed by atoms with E-state index in [1.165, 1.54) is 7.11 Å². The zero-order chi connectivity index (χ0) is 14.8. The Labute approximate surface area is 123 Å². The maximum Gasteiger partial charge on any atom is 0.339 e. The molecule has 0 N–H and O–H groups in total. The van der Waals surface area contributed by atoms with Crippen molar-refractivity contribution < 1.29 is 9.53 Å². The van der Waals surface area contributed by atoms with Crippen molar-refractivity contribution in [2.75, 3.05) is 40.3 Å². The fraction of sp³-hybridized carbons (Fsp3) is 0.467. The Balaban J connectivity index is 1.83. The van der Waals surface area contributed by atoms with Gasteiger partial charge in [0.2, 0.25) is 0 Å². The molecule has 0 atom stereocenters. The predicted molar refractivity (Wildman–Crippen MR) is 79.3 cm³/mol. The molecule has 1 aliphatic heterocycles. The second-order valence-corrected chi connectivity index (χ2v) is 5.47. The second kappa shape index (κ2) is 5.83. The highest BCUT2D eigenvalue weighted by Crippen LogP contribution is 2.13. The molecule has 1 saturated heterocycles. The van der Waals surface area contributed by atoms with E-state index < -0.39 is 0 Å². The summed E-state index contributed by atoms with van der Waals surface area (Å²) in [6.07, 6.45) is 3.69. The number of ether oxygens (including phenoxy) is 1. The summed E-state index contributed by atoms with van der Waals surface area (Å²) >= 11 is 0. The van der Waals surface area contributed by atoms with Crippen LogP contribution in [-0.2, 0) is 11.3 Å². The number of esters is 1. The summed E-state index contributed by atoms with van der Waals surface area (Å²) in [5.74, 6) is -0.323. The molecule has 3 heterocycles. The third-order valence-electron chi connectivity index (χ3n) is 3.98. The van der Waals surface area contributed by atoms with Gasteiger partial charge in [0.1, 0.15) is 5.65 Å². The minimum absolute atomic E-state index is 0.323. The highest BCUT2D eigenvalue weighted by atomic mass is 16.5. The zero-order valence-electron chi connectivity index (χ0n) is 12.5. The number of hydrogen-bond donors (Lipinski definition) is 0. The van der Waals surface area contributed by atoms with E-state index in [0.717, 1.165) is 44.1 Å². The van der Waals surface area contributed by atoms with Crippen molar-refractivity contribution in [3.63, 3.8) is 0 Å². The molecule has 1 aliphatic rings. The lowest BCUT2D eigenvalue weighted by Gasteiger charge is -2.32. The van der Waals surface area contributed by atoms with Crippen LogP contribution in [0.15, 0.2) is 24.5 Å². The first-order valence-electron chi connectivity index (χ1n) is 7.12. The van der Waals surface area contributed by atoms with Crippen LogP contribution in [-0.4, -0.2) is 65.5 Å². The number of carbonyl (C=O) groups is 1. The Kier molecular flexibility index (Phi) is 3.90. The van der Waals surface area contributed by atoms with E-state index in [0.29, 0.717) is 5.56 Å². The van der Waals surface area contributed by atoms with E-state index in [1.807, 2.05) is 16.7 Å². The molecule has 0 spiro atoms. The number of carbonyl (C=O) groups excluding carboxylic acids is 1. The summed E-state index contributed by atoms with van der Waals surface area (Å²) in [5.41, 5.74) is 2.50. The van der Waals surface area contributed by atoms with E-state index >= 15 is 0 Å². The number of likely N-dealkylation sites (N-methyl/N-ethyl adjacent to an activating group) is 1. The number of piperazine rings is 1. The molecule has 21 heavy (non-hydrogen) atoms. The summed E-state index contributed by atoms with van der Waals surface area (Å²) in [6, 6.07) is 3.59. The van der Waals surface area contributed by atoms with Crippen LogP contribution in [0, 0.1) is 0 Å². The maximum absolute atomic E-state index is 11.6. The molecule has 0 saturated carbocycles. The number of fused-ring (bicyclic) bond motifs is 1. The summed E-state index contributed by atoms with van der Waals surface area (Å²) < 4.78 is 6.75. The van der Waals surface area contributed by atoms with E-state index in [-0.39, 0.29) is 5.97 Å². The van der Waals surface area contributed by atoms with Crippen LogP contribution in [0.2, 0.25) is 0 Å². The fourth-order valence-corrected chi connectivity index (χ4v) is 2.62. The van der Waals surface area contributed by atoms with Gasteiger partial charge in [-0.3, -0.25) is 4.90 Å². The van der Waals surface area contributed by atoms with Crippen molar-refractivity contribution in [1.82, 2.24) is 19.2 Å². The first kappa shape index (κ1) is 14.0. The quantitative estimate of drug-likeness (QED) is 0.784. The van der Waals surface area contributed by atoms with Crippen molar-refractivity contribution in [2.24, 2.45) is 0 Å². The standard InChI is InChI=1S/C15H20N4O2/c1-17-5-7-18(8-6-17)11-13-9-16-14-4-3-12(10-19(13)14)15(20)21-2/h3-4,9-10H,5-8,11H2,1-2H3. The van der Waals surface area contributed by atoms with Crippen molar-refractivity contribution in [1.29, 1.82) is 0 Å². The number of aromatic nitrogens is 2. The number of pyridine rings is 1. The second-order valence-electron chi connectivity index (χ2n) is 5.47. The molecule has 0 amide bonds. The van der Waals surface area contributed by atoms with Gasteiger partial charge in [-0.1, -0.05) is 0 Å². The molecule has 0 radical (unpaired) electrons. The minimum atomic E-state index is -0.323. The Hall–Kier alpha value is -1.92. The predicted octanol–water partition coefficient (Wildman–Crippen LogP) is 0.868. The van der Waals surface area contributed by atoms with Crippen molar-refractivity contribution in [3.8, 4) is 0 Å². The van der Waals surface area contributed by atoms with Crippen LogP contribution in [0.5, 0.6) is 0 Å². The fourth-order valence-electron chi connectivity index (χ4n) is 2.62. The minimum Gasteiger partial charge on any atom is -0.465 e. The Morgan fingerprint density at radius 3 is 2.76 bits per heavy atom. The molecule has 2 aromatic heterocycles. The molecule has 0 aromatic carbocycles. The Morgan fingerprint density at radius 2 is 2.05 bits per heavy atom. The van der Waals surface area contributed by atoms with Crippen LogP contribution >= 0.6 is 0 Å². The van der Waals surface area contributed by atoms with E-state index in [4.69, 9.17) is 4.74 Å². The number of imidazole rings is 1. The maximum atomic E-state index is 11.6. The van der Waals surface area contributed by atoms with Gasteiger partial charge in [0.15, 0.2) is 0 Å². The third kappa shape index (κ3) is 2.91. The normalized spacial score (nSPS) is 17.2. The molecular weight excluding hydrogens is 268 g/mol. The lowest BCUT2D eigenvalue weighted by molar-refractivity contribution is 0.0600. The molecule has 0 bridgehead atoms. The Morgan fingerprint density at radius 1 is 1.29 bits per heavy atom. The van der Waals surface area contributed by atoms with Crippen LogP contribution in [0.4, 0.5) is 0 Å². The monoisotopic (exact) mass is 288 g/mol. The van der Waals surface area contributed by atoms with Crippen molar-refractivity contribution in [3.05, 3.63) is 35.8 Å². The van der Waals surface area contributed by atoms with Crippen LogP contribution in [0.25, 0.3) is 5.65 Å². The SMILES string of the molecule is COC(=O)c1ccc2ncc(CN3CCN(C)CC3)n2c1. The van der Waals surface area contributed by atoms with Crippen LogP contribution in [0.3, 0.4) is 0 Å². The van der Waals surface area contributed by atoms with Gasteiger partial charge in [0.05, 0.1) is 24.6 Å². The molecule has 112 valence electrons. The average Bonchev–Trinajstić information content (AvgIpc) is 2.91. The van der Waals surface area contributed by atoms with E-state index in [9.17, 15) is 4.79 Å². The molecule has 1 fully saturated rings. The zero-order valence-corrected chi connectivity index (χ0v) is 12.5. The molecule has 6 nitrogen and oxygen atoms in total. The average molecular weight is 288 g/mol. The van der Waals surface area contributed by atoms with Crippen molar-refractivity contribution >= 4 is 11.6 Å². The third-order valence-corrected chi connectivity index (χ3v) is 3.98. The topological polar surface area (TPSA) is 50.1 Å². The smallest absolute Gasteiger partial charge is 0.339 e. The summed E-state index contributed by atoms with van der Waals surface area (Å²) in [6.45, 7) is 5.13. The molecule has 0 aliphatic carbocycles.